The van der Waals surface area contributed by atoms with Crippen molar-refractivity contribution in [3.63, 3.8) is 0 Å². The van der Waals surface area contributed by atoms with E-state index in [0.717, 1.165) is 55.3 Å². The van der Waals surface area contributed by atoms with Crippen molar-refractivity contribution in [1.29, 1.82) is 0 Å². The van der Waals surface area contributed by atoms with Crippen LogP contribution in [0.3, 0.4) is 0 Å². The Morgan fingerprint density at radius 3 is 1.89 bits per heavy atom. The number of phosphoric ester groups is 1. The van der Waals surface area contributed by atoms with Crippen molar-refractivity contribution >= 4 is 38.1 Å². The second kappa shape index (κ2) is 9.71. The fourth-order valence-electron chi connectivity index (χ4n) is 5.37. The Hall–Kier alpha value is -2.86. The van der Waals surface area contributed by atoms with Gasteiger partial charge in [-0.05, 0) is 77.9 Å². The Bertz CT molecular complexity index is 1680. The van der Waals surface area contributed by atoms with E-state index in [1.807, 2.05) is 70.2 Å². The molecule has 4 aromatic rings. The molecule has 0 saturated carbocycles. The van der Waals surface area contributed by atoms with E-state index in [0.29, 0.717) is 11.1 Å². The van der Waals surface area contributed by atoms with Gasteiger partial charge in [0.25, 0.3) is 0 Å². The Labute approximate surface area is 221 Å². The quantitative estimate of drug-likeness (QED) is 0.212. The Balaban J connectivity index is 1.76. The molecule has 0 saturated heterocycles. The fraction of sp³-hybridized carbons (Fsp3) is 0.172. The molecule has 0 radical (unpaired) electrons. The number of rotatable bonds is 6. The van der Waals surface area contributed by atoms with Crippen LogP contribution in [0.15, 0.2) is 66.7 Å². The minimum Gasteiger partial charge on any atom is -0.302 e. The summed E-state index contributed by atoms with van der Waals surface area (Å²) in [6.45, 7) is 8.00. The minimum absolute atomic E-state index is 0.583. The van der Waals surface area contributed by atoms with Crippen LogP contribution in [0.4, 0.5) is 0 Å². The summed E-state index contributed by atoms with van der Waals surface area (Å²) < 4.78 is 34.0. The summed E-state index contributed by atoms with van der Waals surface area (Å²) in [5, 5.41) is 1.76. The van der Waals surface area contributed by atoms with Crippen molar-refractivity contribution in [2.24, 2.45) is 0 Å². The molecule has 4 aromatic carbocycles. The van der Waals surface area contributed by atoms with Crippen molar-refractivity contribution in [2.45, 2.75) is 33.8 Å². The lowest BCUT2D eigenvalue weighted by atomic mass is 9.81. The number of hydrogen-bond acceptors (Lipinski definition) is 4. The minimum atomic E-state index is -5.30. The van der Waals surface area contributed by atoms with Gasteiger partial charge in [-0.25, -0.2) is 9.13 Å². The van der Waals surface area contributed by atoms with Crippen LogP contribution in [0.1, 0.15) is 45.0 Å². The molecule has 0 aromatic heterocycles. The molecule has 2 atom stereocenters. The van der Waals surface area contributed by atoms with Crippen LogP contribution in [0.25, 0.3) is 33.5 Å². The molecule has 0 spiro atoms. The van der Waals surface area contributed by atoms with Crippen LogP contribution < -0.4 is 0 Å². The zero-order chi connectivity index (χ0) is 27.4. The third-order valence-electron chi connectivity index (χ3n) is 6.52. The molecule has 0 amide bonds. The maximum Gasteiger partial charge on any atom is 0.482 e. The molecule has 7 nitrogen and oxygen atoms in total. The molecule has 0 aliphatic heterocycles. The zero-order valence-corrected chi connectivity index (χ0v) is 23.2. The highest BCUT2D eigenvalue weighted by Gasteiger charge is 2.39. The van der Waals surface area contributed by atoms with Gasteiger partial charge in [0, 0.05) is 0 Å². The lowest BCUT2D eigenvalue weighted by molar-refractivity contribution is 0.156. The first-order valence-electron chi connectivity index (χ1n) is 12.0. The summed E-state index contributed by atoms with van der Waals surface area (Å²) in [6, 6.07) is 22.0. The molecular weight excluding hydrogens is 522 g/mol. The summed E-state index contributed by atoms with van der Waals surface area (Å²) >= 11 is 0. The predicted molar refractivity (Wildman–Crippen MR) is 149 cm³/mol. The molecule has 1 aliphatic rings. The zero-order valence-electron chi connectivity index (χ0n) is 21.4. The Morgan fingerprint density at radius 1 is 0.737 bits per heavy atom. The fourth-order valence-corrected chi connectivity index (χ4v) is 7.09. The number of benzene rings is 4. The van der Waals surface area contributed by atoms with E-state index in [2.05, 4.69) is 28.6 Å². The van der Waals surface area contributed by atoms with Gasteiger partial charge in [-0.2, -0.15) is 4.31 Å². The molecule has 0 bridgehead atoms. The smallest absolute Gasteiger partial charge is 0.302 e. The highest BCUT2D eigenvalue weighted by atomic mass is 31.3. The van der Waals surface area contributed by atoms with Gasteiger partial charge in [0.2, 0.25) is 0 Å². The molecule has 9 heteroatoms. The van der Waals surface area contributed by atoms with E-state index in [-0.39, 0.29) is 0 Å². The van der Waals surface area contributed by atoms with E-state index in [1.165, 1.54) is 0 Å². The van der Waals surface area contributed by atoms with E-state index >= 15 is 0 Å². The van der Waals surface area contributed by atoms with Gasteiger partial charge in [-0.15, -0.1) is 0 Å². The molecule has 0 heterocycles. The maximum absolute atomic E-state index is 12.8. The largest absolute Gasteiger partial charge is 0.482 e. The summed E-state index contributed by atoms with van der Waals surface area (Å²) in [6.07, 6.45) is 0.779. The summed E-state index contributed by atoms with van der Waals surface area (Å²) in [5.74, 6) is 0. The van der Waals surface area contributed by atoms with E-state index in [9.17, 15) is 23.8 Å². The van der Waals surface area contributed by atoms with Crippen LogP contribution in [0, 0.1) is 27.7 Å². The maximum atomic E-state index is 12.8. The van der Waals surface area contributed by atoms with Crippen molar-refractivity contribution in [3.8, 4) is 11.1 Å². The van der Waals surface area contributed by atoms with Gasteiger partial charge in [-0.3, -0.25) is 4.52 Å². The van der Waals surface area contributed by atoms with Gasteiger partial charge in [0.1, 0.15) is 6.10 Å². The van der Waals surface area contributed by atoms with E-state index < -0.39 is 21.7 Å². The molecule has 0 fully saturated rings. The van der Waals surface area contributed by atoms with Crippen molar-refractivity contribution in [1.82, 2.24) is 0 Å². The van der Waals surface area contributed by atoms with Crippen LogP contribution in [-0.4, -0.2) is 14.7 Å². The van der Waals surface area contributed by atoms with Crippen molar-refractivity contribution < 1.29 is 32.6 Å². The molecule has 1 aliphatic carbocycles. The number of hydrogen-bond donors (Lipinski definition) is 3. The third kappa shape index (κ3) is 5.47. The van der Waals surface area contributed by atoms with Crippen LogP contribution in [0.2, 0.25) is 0 Å². The van der Waals surface area contributed by atoms with Gasteiger partial charge < -0.3 is 14.7 Å². The van der Waals surface area contributed by atoms with Crippen molar-refractivity contribution in [3.05, 3.63) is 106 Å². The number of aryl methyl sites for hydroxylation is 4. The molecule has 3 N–H and O–H groups in total. The average molecular weight is 550 g/mol. The molecule has 196 valence electrons. The topological polar surface area (TPSA) is 113 Å². The van der Waals surface area contributed by atoms with Crippen molar-refractivity contribution in [2.75, 3.05) is 0 Å². The van der Waals surface area contributed by atoms with Crippen LogP contribution >= 0.6 is 15.6 Å². The highest BCUT2D eigenvalue weighted by molar-refractivity contribution is 7.60. The summed E-state index contributed by atoms with van der Waals surface area (Å²) in [5.41, 5.74) is 9.15. The normalized spacial score (nSPS) is 16.8. The lowest BCUT2D eigenvalue weighted by Crippen LogP contribution is -2.11. The Morgan fingerprint density at radius 2 is 1.32 bits per heavy atom. The van der Waals surface area contributed by atoms with Gasteiger partial charge in [0.15, 0.2) is 0 Å². The van der Waals surface area contributed by atoms with Crippen LogP contribution in [-0.2, 0) is 18.0 Å². The monoisotopic (exact) mass is 550 g/mol. The average Bonchev–Trinajstić information content (AvgIpc) is 2.77. The van der Waals surface area contributed by atoms with E-state index in [4.69, 9.17) is 4.52 Å². The first kappa shape index (κ1) is 26.7. The Kier molecular flexibility index (Phi) is 6.83. The van der Waals surface area contributed by atoms with Gasteiger partial charge >= 0.3 is 15.6 Å². The summed E-state index contributed by atoms with van der Waals surface area (Å²) in [4.78, 5) is 28.8. The predicted octanol–water partition coefficient (Wildman–Crippen LogP) is 7.56. The third-order valence-corrected chi connectivity index (χ3v) is 8.67. The van der Waals surface area contributed by atoms with Crippen LogP contribution in [0.5, 0.6) is 0 Å². The second-order valence-corrected chi connectivity index (χ2v) is 12.6. The lowest BCUT2D eigenvalue weighted by Gasteiger charge is -2.29. The molecule has 5 rings (SSSR count). The molecular formula is C29H28O7P2. The van der Waals surface area contributed by atoms with Gasteiger partial charge in [0.05, 0.1) is 0 Å². The highest BCUT2D eigenvalue weighted by Crippen LogP contribution is 2.62. The molecule has 38 heavy (non-hydrogen) atoms. The first-order chi connectivity index (χ1) is 17.8. The SMILES string of the molecule is Cc1cc(C)cc(C2=Cc3ccc(-c4cc(C)cc(C)c4)c4cccc(c34)C2OP(=O)(O)OP(=O)(O)O)c1. The van der Waals surface area contributed by atoms with E-state index in [1.54, 1.807) is 6.07 Å². The number of phosphoric acid groups is 2. The first-order valence-corrected chi connectivity index (χ1v) is 15.0. The summed E-state index contributed by atoms with van der Waals surface area (Å²) in [7, 11) is -10.5. The standard InChI is InChI=1S/C29H28O7P2/c1-17-10-18(2)13-22(12-17)24-9-8-21-16-27(23-14-19(3)11-20(4)15-23)29(26-7-5-6-25(24)28(21)26)35-38(33,34)36-37(30,31)32/h5-16,29H,1-4H3,(H,33,34)(H2,30,31,32). The molecule has 2 unspecified atom stereocenters. The van der Waals surface area contributed by atoms with Gasteiger partial charge in [-0.1, -0.05) is 89.0 Å². The second-order valence-electron chi connectivity index (χ2n) is 9.85.